The van der Waals surface area contributed by atoms with E-state index >= 15 is 0 Å². The van der Waals surface area contributed by atoms with Crippen molar-refractivity contribution < 1.29 is 14.6 Å². The van der Waals surface area contributed by atoms with Crippen molar-refractivity contribution in [3.63, 3.8) is 0 Å². The number of nitrogens with two attached hydrogens (primary N) is 2. The van der Waals surface area contributed by atoms with Gasteiger partial charge in [0, 0.05) is 6.04 Å². The van der Waals surface area contributed by atoms with E-state index in [2.05, 4.69) is 4.98 Å². The zero-order chi connectivity index (χ0) is 16.4. The van der Waals surface area contributed by atoms with Crippen LogP contribution in [0.5, 0.6) is 5.75 Å². The van der Waals surface area contributed by atoms with Gasteiger partial charge in [-0.1, -0.05) is 19.9 Å². The van der Waals surface area contributed by atoms with Crippen LogP contribution in [0.2, 0.25) is 0 Å². The number of aryl methyl sites for hydroxylation is 1. The first kappa shape index (κ1) is 16.0. The molecule has 0 spiro atoms. The van der Waals surface area contributed by atoms with E-state index in [1.54, 1.807) is 25.1 Å². The number of benzene rings is 1. The van der Waals surface area contributed by atoms with Crippen LogP contribution >= 0.6 is 0 Å². The number of hydrogen-bond donors (Lipinski definition) is 3. The molecule has 6 heteroatoms. The van der Waals surface area contributed by atoms with Crippen LogP contribution in [-0.4, -0.2) is 28.7 Å². The van der Waals surface area contributed by atoms with E-state index in [4.69, 9.17) is 16.2 Å². The molecule has 5 N–H and O–H groups in total. The molecule has 1 unspecified atom stereocenters. The lowest BCUT2D eigenvalue weighted by molar-refractivity contribution is 0.0697. The van der Waals surface area contributed by atoms with E-state index in [0.29, 0.717) is 29.0 Å². The number of ether oxygens (including phenoxy) is 1. The third kappa shape index (κ3) is 2.96. The summed E-state index contributed by atoms with van der Waals surface area (Å²) in [4.78, 5) is 15.7. The van der Waals surface area contributed by atoms with Crippen molar-refractivity contribution in [3.05, 3.63) is 29.5 Å². The highest BCUT2D eigenvalue weighted by Gasteiger charge is 2.19. The van der Waals surface area contributed by atoms with Crippen LogP contribution in [0.15, 0.2) is 18.2 Å². The second-order valence-electron chi connectivity index (χ2n) is 5.66. The van der Waals surface area contributed by atoms with Crippen molar-refractivity contribution >= 4 is 22.6 Å². The fourth-order valence-electron chi connectivity index (χ4n) is 2.21. The predicted octanol–water partition coefficient (Wildman–Crippen LogP) is 2.19. The normalized spacial score (nSPS) is 12.6. The SMILES string of the molecule is Cc1nc2cccc(OCC(N)C(C)C)c2c(N)c1C(=O)O. The molecule has 0 amide bonds. The van der Waals surface area contributed by atoms with Gasteiger partial charge in [0.25, 0.3) is 0 Å². The third-order valence-corrected chi connectivity index (χ3v) is 3.69. The minimum absolute atomic E-state index is 0.0108. The Balaban J connectivity index is 2.51. The molecule has 118 valence electrons. The van der Waals surface area contributed by atoms with Crippen LogP contribution in [-0.2, 0) is 0 Å². The number of nitrogens with zero attached hydrogens (tertiary/aromatic N) is 1. The van der Waals surface area contributed by atoms with Crippen LogP contribution in [0.4, 0.5) is 5.69 Å². The molecule has 1 atom stereocenters. The monoisotopic (exact) mass is 303 g/mol. The van der Waals surface area contributed by atoms with E-state index in [0.717, 1.165) is 0 Å². The molecule has 0 bridgehead atoms. The Morgan fingerprint density at radius 2 is 2.09 bits per heavy atom. The van der Waals surface area contributed by atoms with E-state index in [9.17, 15) is 9.90 Å². The first-order chi connectivity index (χ1) is 10.3. The summed E-state index contributed by atoms with van der Waals surface area (Å²) in [6, 6.07) is 5.20. The van der Waals surface area contributed by atoms with Crippen LogP contribution in [0.1, 0.15) is 29.9 Å². The number of carboxylic acid groups (broad SMARTS) is 1. The van der Waals surface area contributed by atoms with Crippen molar-refractivity contribution in [1.82, 2.24) is 4.98 Å². The van der Waals surface area contributed by atoms with Crippen LogP contribution in [0.3, 0.4) is 0 Å². The zero-order valence-corrected chi connectivity index (χ0v) is 13.0. The standard InChI is InChI=1S/C16H21N3O3/c1-8(2)10(17)7-22-12-6-4-5-11-14(12)15(18)13(16(20)21)9(3)19-11/h4-6,8,10H,7,17H2,1-3H3,(H2,18,19)(H,20,21). The van der Waals surface area contributed by atoms with Crippen LogP contribution < -0.4 is 16.2 Å². The Kier molecular flexibility index (Phi) is 4.51. The number of aromatic nitrogens is 1. The molecule has 0 fully saturated rings. The number of carbonyl (C=O) groups is 1. The van der Waals surface area contributed by atoms with Crippen molar-refractivity contribution in [2.24, 2.45) is 11.7 Å². The molecule has 0 saturated heterocycles. The lowest BCUT2D eigenvalue weighted by Crippen LogP contribution is -2.33. The third-order valence-electron chi connectivity index (χ3n) is 3.69. The Morgan fingerprint density at radius 3 is 2.68 bits per heavy atom. The van der Waals surface area contributed by atoms with Gasteiger partial charge in [-0.25, -0.2) is 4.79 Å². The van der Waals surface area contributed by atoms with Gasteiger partial charge in [0.2, 0.25) is 0 Å². The molecule has 0 aliphatic heterocycles. The maximum Gasteiger partial charge on any atom is 0.339 e. The fraction of sp³-hybridized carbons (Fsp3) is 0.375. The molecule has 0 aliphatic rings. The topological polar surface area (TPSA) is 111 Å². The number of hydrogen-bond acceptors (Lipinski definition) is 5. The van der Waals surface area contributed by atoms with Gasteiger partial charge in [-0.05, 0) is 25.0 Å². The summed E-state index contributed by atoms with van der Waals surface area (Å²) in [5.41, 5.74) is 13.2. The molecule has 0 saturated carbocycles. The molecule has 1 heterocycles. The van der Waals surface area contributed by atoms with E-state index in [-0.39, 0.29) is 23.2 Å². The number of carboxylic acids is 1. The second-order valence-corrected chi connectivity index (χ2v) is 5.66. The van der Waals surface area contributed by atoms with Crippen molar-refractivity contribution in [3.8, 4) is 5.75 Å². The van der Waals surface area contributed by atoms with E-state index < -0.39 is 5.97 Å². The predicted molar refractivity (Wildman–Crippen MR) is 86.2 cm³/mol. The summed E-state index contributed by atoms with van der Waals surface area (Å²) in [7, 11) is 0. The largest absolute Gasteiger partial charge is 0.491 e. The molecule has 2 aromatic rings. The second kappa shape index (κ2) is 6.19. The molecule has 1 aromatic heterocycles. The summed E-state index contributed by atoms with van der Waals surface area (Å²) >= 11 is 0. The Bertz CT molecular complexity index is 713. The van der Waals surface area contributed by atoms with E-state index in [1.165, 1.54) is 0 Å². The maximum atomic E-state index is 11.4. The molecule has 6 nitrogen and oxygen atoms in total. The first-order valence-corrected chi connectivity index (χ1v) is 7.13. The first-order valence-electron chi connectivity index (χ1n) is 7.13. The highest BCUT2D eigenvalue weighted by molar-refractivity contribution is 6.06. The lowest BCUT2D eigenvalue weighted by atomic mass is 10.1. The number of nitrogen functional groups attached to an aromatic ring is 1. The minimum atomic E-state index is -1.10. The Hall–Kier alpha value is -2.34. The van der Waals surface area contributed by atoms with Crippen LogP contribution in [0, 0.1) is 12.8 Å². The molecular weight excluding hydrogens is 282 g/mol. The highest BCUT2D eigenvalue weighted by atomic mass is 16.5. The fourth-order valence-corrected chi connectivity index (χ4v) is 2.21. The maximum absolute atomic E-state index is 11.4. The number of fused-ring (bicyclic) bond motifs is 1. The Morgan fingerprint density at radius 1 is 1.41 bits per heavy atom. The van der Waals surface area contributed by atoms with Gasteiger partial charge in [-0.15, -0.1) is 0 Å². The van der Waals surface area contributed by atoms with Gasteiger partial charge >= 0.3 is 5.97 Å². The molecule has 2 rings (SSSR count). The molecule has 0 radical (unpaired) electrons. The quantitative estimate of drug-likeness (QED) is 0.780. The smallest absolute Gasteiger partial charge is 0.339 e. The van der Waals surface area contributed by atoms with Gasteiger partial charge in [0.1, 0.15) is 17.9 Å². The summed E-state index contributed by atoms with van der Waals surface area (Å²) in [5.74, 6) is -0.318. The number of pyridine rings is 1. The summed E-state index contributed by atoms with van der Waals surface area (Å²) < 4.78 is 5.76. The number of anilines is 1. The number of aromatic carboxylic acids is 1. The van der Waals surface area contributed by atoms with Gasteiger partial charge < -0.3 is 21.3 Å². The van der Waals surface area contributed by atoms with E-state index in [1.807, 2.05) is 13.8 Å². The van der Waals surface area contributed by atoms with Crippen molar-refractivity contribution in [2.45, 2.75) is 26.8 Å². The Labute approximate surface area is 129 Å². The molecule has 0 aliphatic carbocycles. The average molecular weight is 303 g/mol. The van der Waals surface area contributed by atoms with Gasteiger partial charge in [-0.2, -0.15) is 0 Å². The van der Waals surface area contributed by atoms with Crippen molar-refractivity contribution in [2.75, 3.05) is 12.3 Å². The van der Waals surface area contributed by atoms with Crippen molar-refractivity contribution in [1.29, 1.82) is 0 Å². The number of rotatable bonds is 5. The molecular formula is C16H21N3O3. The van der Waals surface area contributed by atoms with Crippen LogP contribution in [0.25, 0.3) is 10.9 Å². The summed E-state index contributed by atoms with van der Waals surface area (Å²) in [5, 5.41) is 9.82. The van der Waals surface area contributed by atoms with Gasteiger partial charge in [-0.3, -0.25) is 4.98 Å². The average Bonchev–Trinajstić information content (AvgIpc) is 2.43. The van der Waals surface area contributed by atoms with Gasteiger partial charge in [0.15, 0.2) is 0 Å². The van der Waals surface area contributed by atoms with Gasteiger partial charge in [0.05, 0.1) is 22.3 Å². The molecule has 1 aromatic carbocycles. The highest BCUT2D eigenvalue weighted by Crippen LogP contribution is 2.33. The summed E-state index contributed by atoms with van der Waals surface area (Å²) in [6.45, 7) is 5.98. The lowest BCUT2D eigenvalue weighted by Gasteiger charge is -2.18. The minimum Gasteiger partial charge on any atom is -0.491 e. The molecule has 22 heavy (non-hydrogen) atoms. The zero-order valence-electron chi connectivity index (χ0n) is 13.0. The summed E-state index contributed by atoms with van der Waals surface area (Å²) in [6.07, 6.45) is 0.